The summed E-state index contributed by atoms with van der Waals surface area (Å²) in [5.74, 6) is 0.540. The van der Waals surface area contributed by atoms with Gasteiger partial charge in [0.15, 0.2) is 6.10 Å². The predicted molar refractivity (Wildman–Crippen MR) is 125 cm³/mol. The summed E-state index contributed by atoms with van der Waals surface area (Å²) in [5.41, 5.74) is 1.58. The molecule has 5 rings (SSSR count). The van der Waals surface area contributed by atoms with E-state index in [2.05, 4.69) is 41.4 Å². The van der Waals surface area contributed by atoms with Gasteiger partial charge in [0.1, 0.15) is 12.2 Å². The fraction of sp³-hybridized carbons (Fsp3) is 0.400. The van der Waals surface area contributed by atoms with Crippen LogP contribution in [0.2, 0.25) is 0 Å². The minimum Gasteiger partial charge on any atom is -0.441 e. The van der Waals surface area contributed by atoms with Crippen LogP contribution in [0.25, 0.3) is 10.8 Å². The number of benzene rings is 2. The Morgan fingerprint density at radius 2 is 1.82 bits per heavy atom. The van der Waals surface area contributed by atoms with E-state index in [4.69, 9.17) is 14.2 Å². The van der Waals surface area contributed by atoms with Gasteiger partial charge in [-0.3, -0.25) is 5.32 Å². The molecule has 0 spiro atoms. The Balaban J connectivity index is 1.21. The molecule has 4 atom stereocenters. The molecular weight excluding hydrogens is 420 g/mol. The van der Waals surface area contributed by atoms with Crippen LogP contribution in [0.1, 0.15) is 26.5 Å². The number of rotatable bonds is 4. The molecule has 0 aliphatic carbocycles. The summed E-state index contributed by atoms with van der Waals surface area (Å²) in [5, 5.41) is 8.19. The lowest BCUT2D eigenvalue weighted by atomic mass is 9.92. The molecule has 8 nitrogen and oxygen atoms in total. The fourth-order valence-electron chi connectivity index (χ4n) is 4.31. The van der Waals surface area contributed by atoms with Gasteiger partial charge in [-0.15, -0.1) is 0 Å². The van der Waals surface area contributed by atoms with Crippen LogP contribution >= 0.6 is 0 Å². The monoisotopic (exact) mass is 448 g/mol. The maximum Gasteiger partial charge on any atom is 0.412 e. The summed E-state index contributed by atoms with van der Waals surface area (Å²) < 4.78 is 17.6. The van der Waals surface area contributed by atoms with Gasteiger partial charge in [0, 0.05) is 17.0 Å². The Bertz CT molecular complexity index is 1160. The van der Waals surface area contributed by atoms with Gasteiger partial charge in [-0.05, 0) is 17.5 Å². The van der Waals surface area contributed by atoms with Gasteiger partial charge in [-0.25, -0.2) is 14.8 Å². The second-order valence-electron chi connectivity index (χ2n) is 9.46. The summed E-state index contributed by atoms with van der Waals surface area (Å²) in [6, 6.07) is 15.4. The molecule has 0 saturated carbocycles. The van der Waals surface area contributed by atoms with Crippen molar-refractivity contribution in [3.05, 3.63) is 60.4 Å². The molecule has 0 radical (unpaired) electrons. The third-order valence-electron chi connectivity index (χ3n) is 6.03. The zero-order valence-electron chi connectivity index (χ0n) is 18.9. The van der Waals surface area contributed by atoms with Gasteiger partial charge < -0.3 is 19.5 Å². The summed E-state index contributed by atoms with van der Waals surface area (Å²) in [6.07, 6.45) is 0.150. The SMILES string of the molecule is CC(C)(C)c1ccnc(NC2COC3C(OC(=O)Nc4cccc5ccccc45)COC23)n1. The number of nitrogens with zero attached hydrogens (tertiary/aromatic N) is 2. The molecule has 2 saturated heterocycles. The number of aromatic nitrogens is 2. The maximum absolute atomic E-state index is 12.6. The van der Waals surface area contributed by atoms with Crippen LogP contribution in [0.3, 0.4) is 0 Å². The zero-order valence-corrected chi connectivity index (χ0v) is 18.9. The van der Waals surface area contributed by atoms with Gasteiger partial charge in [-0.1, -0.05) is 57.2 Å². The van der Waals surface area contributed by atoms with E-state index in [1.54, 1.807) is 6.20 Å². The Morgan fingerprint density at radius 1 is 1.03 bits per heavy atom. The van der Waals surface area contributed by atoms with Gasteiger partial charge in [0.25, 0.3) is 0 Å². The normalized spacial score (nSPS) is 24.5. The molecule has 0 bridgehead atoms. The highest BCUT2D eigenvalue weighted by molar-refractivity contribution is 6.00. The molecule has 3 heterocycles. The molecule has 2 fully saturated rings. The highest BCUT2D eigenvalue weighted by Crippen LogP contribution is 2.31. The first-order valence-corrected chi connectivity index (χ1v) is 11.2. The Morgan fingerprint density at radius 3 is 2.67 bits per heavy atom. The molecule has 2 N–H and O–H groups in total. The molecule has 2 aromatic carbocycles. The van der Waals surface area contributed by atoms with Crippen molar-refractivity contribution >= 4 is 28.5 Å². The number of anilines is 2. The number of ether oxygens (including phenoxy) is 3. The standard InChI is InChI=1S/C25H28N4O4/c1-25(2,3)20-11-12-26-23(29-20)27-18-13-31-22-19(14-32-21(18)22)33-24(30)28-17-10-6-8-15-7-4-5-9-16(15)17/h4-12,18-19,21-22H,13-14H2,1-3H3,(H,28,30)(H,26,27,29). The lowest BCUT2D eigenvalue weighted by molar-refractivity contribution is 0.00917. The number of fused-ring (bicyclic) bond motifs is 2. The van der Waals surface area contributed by atoms with E-state index in [9.17, 15) is 4.79 Å². The number of amides is 1. The summed E-state index contributed by atoms with van der Waals surface area (Å²) in [4.78, 5) is 21.6. The minimum absolute atomic E-state index is 0.0751. The van der Waals surface area contributed by atoms with Crippen LogP contribution in [0, 0.1) is 0 Å². The number of nitrogens with one attached hydrogen (secondary N) is 2. The zero-order chi connectivity index (χ0) is 23.0. The van der Waals surface area contributed by atoms with Crippen LogP contribution < -0.4 is 10.6 Å². The molecule has 1 aromatic heterocycles. The van der Waals surface area contributed by atoms with Crippen LogP contribution in [-0.4, -0.2) is 53.6 Å². The van der Waals surface area contributed by atoms with E-state index >= 15 is 0 Å². The third-order valence-corrected chi connectivity index (χ3v) is 6.03. The number of carbonyl (C=O) groups excluding carboxylic acids is 1. The summed E-state index contributed by atoms with van der Waals surface area (Å²) in [7, 11) is 0. The Hall–Kier alpha value is -3.23. The first kappa shape index (κ1) is 21.6. The van der Waals surface area contributed by atoms with E-state index in [-0.39, 0.29) is 30.3 Å². The molecule has 2 aliphatic heterocycles. The molecule has 33 heavy (non-hydrogen) atoms. The third kappa shape index (κ3) is 4.49. The fourth-order valence-corrected chi connectivity index (χ4v) is 4.31. The average molecular weight is 449 g/mol. The van der Waals surface area contributed by atoms with Crippen molar-refractivity contribution in [2.24, 2.45) is 0 Å². The van der Waals surface area contributed by atoms with Crippen molar-refractivity contribution in [2.45, 2.75) is 50.5 Å². The van der Waals surface area contributed by atoms with Gasteiger partial charge in [0.2, 0.25) is 5.95 Å². The average Bonchev–Trinajstić information content (AvgIpc) is 3.37. The topological polar surface area (TPSA) is 94.6 Å². The lowest BCUT2D eigenvalue weighted by Gasteiger charge is -2.20. The van der Waals surface area contributed by atoms with Gasteiger partial charge >= 0.3 is 6.09 Å². The first-order chi connectivity index (χ1) is 15.9. The molecule has 1 amide bonds. The Labute approximate surface area is 192 Å². The first-order valence-electron chi connectivity index (χ1n) is 11.2. The van der Waals surface area contributed by atoms with E-state index < -0.39 is 12.2 Å². The second kappa shape index (κ2) is 8.61. The smallest absolute Gasteiger partial charge is 0.412 e. The van der Waals surface area contributed by atoms with Gasteiger partial charge in [0.05, 0.1) is 30.6 Å². The van der Waals surface area contributed by atoms with Crippen LogP contribution in [-0.2, 0) is 19.6 Å². The quantitative estimate of drug-likeness (QED) is 0.620. The van der Waals surface area contributed by atoms with E-state index in [0.717, 1.165) is 16.5 Å². The molecule has 172 valence electrons. The second-order valence-corrected chi connectivity index (χ2v) is 9.46. The predicted octanol–water partition coefficient (Wildman–Crippen LogP) is 4.12. The van der Waals surface area contributed by atoms with Crippen molar-refractivity contribution in [1.29, 1.82) is 0 Å². The van der Waals surface area contributed by atoms with E-state index in [1.165, 1.54) is 0 Å². The van der Waals surface area contributed by atoms with Crippen molar-refractivity contribution in [3.8, 4) is 0 Å². The minimum atomic E-state index is -0.526. The van der Waals surface area contributed by atoms with Crippen molar-refractivity contribution in [3.63, 3.8) is 0 Å². The Kier molecular flexibility index (Phi) is 5.64. The maximum atomic E-state index is 12.6. The lowest BCUT2D eigenvalue weighted by Crippen LogP contribution is -2.38. The molecular formula is C25H28N4O4. The molecule has 2 aliphatic rings. The van der Waals surface area contributed by atoms with E-state index in [1.807, 2.05) is 48.5 Å². The highest BCUT2D eigenvalue weighted by Gasteiger charge is 2.49. The molecule has 3 aromatic rings. The number of hydrogen-bond acceptors (Lipinski definition) is 7. The van der Waals surface area contributed by atoms with Crippen LogP contribution in [0.4, 0.5) is 16.4 Å². The number of carbonyl (C=O) groups is 1. The van der Waals surface area contributed by atoms with Crippen LogP contribution in [0.15, 0.2) is 54.7 Å². The van der Waals surface area contributed by atoms with Crippen molar-refractivity contribution in [2.75, 3.05) is 23.8 Å². The van der Waals surface area contributed by atoms with E-state index in [0.29, 0.717) is 18.2 Å². The van der Waals surface area contributed by atoms with Crippen molar-refractivity contribution in [1.82, 2.24) is 9.97 Å². The summed E-state index contributed by atoms with van der Waals surface area (Å²) >= 11 is 0. The number of hydrogen-bond donors (Lipinski definition) is 2. The molecule has 4 unspecified atom stereocenters. The van der Waals surface area contributed by atoms with Crippen LogP contribution in [0.5, 0.6) is 0 Å². The van der Waals surface area contributed by atoms with Crippen molar-refractivity contribution < 1.29 is 19.0 Å². The molecule has 8 heteroatoms. The van der Waals surface area contributed by atoms with Gasteiger partial charge in [-0.2, -0.15) is 0 Å². The summed E-state index contributed by atoms with van der Waals surface area (Å²) in [6.45, 7) is 7.03. The highest BCUT2D eigenvalue weighted by atomic mass is 16.6. The largest absolute Gasteiger partial charge is 0.441 e.